The molecule has 0 saturated carbocycles. The maximum absolute atomic E-state index is 10.9. The number of hydrogen-bond acceptors (Lipinski definition) is 1. The zero-order chi connectivity index (χ0) is 8.43. The van der Waals surface area contributed by atoms with Crippen molar-refractivity contribution in [1.82, 2.24) is 4.90 Å². The molecule has 1 heterocycles. The number of hydrogen-bond donors (Lipinski definition) is 0. The number of likely N-dealkylation sites (tertiary alicyclic amines) is 1. The van der Waals surface area contributed by atoms with Crippen molar-refractivity contribution >= 4 is 17.5 Å². The summed E-state index contributed by atoms with van der Waals surface area (Å²) in [7, 11) is 0. The van der Waals surface area contributed by atoms with Gasteiger partial charge >= 0.3 is 0 Å². The van der Waals surface area contributed by atoms with Gasteiger partial charge < -0.3 is 4.90 Å². The van der Waals surface area contributed by atoms with E-state index in [1.54, 1.807) is 6.92 Å². The molecule has 0 aliphatic carbocycles. The van der Waals surface area contributed by atoms with Gasteiger partial charge in [-0.3, -0.25) is 4.79 Å². The number of carbonyl (C=O) groups excluding carboxylic acids is 1. The van der Waals surface area contributed by atoms with Gasteiger partial charge in [0.15, 0.2) is 0 Å². The third kappa shape index (κ3) is 2.09. The lowest BCUT2D eigenvalue weighted by atomic mass is 10.00. The second-order valence-electron chi connectivity index (χ2n) is 3.25. The molecule has 0 aromatic heterocycles. The summed E-state index contributed by atoms with van der Waals surface area (Å²) in [6, 6.07) is 0. The Morgan fingerprint density at radius 3 is 2.73 bits per heavy atom. The predicted molar refractivity (Wildman–Crippen MR) is 45.7 cm³/mol. The molecule has 2 unspecified atom stereocenters. The van der Waals surface area contributed by atoms with Crippen molar-refractivity contribution in [3.63, 3.8) is 0 Å². The highest BCUT2D eigenvalue weighted by atomic mass is 35.5. The Morgan fingerprint density at radius 2 is 2.27 bits per heavy atom. The molecule has 1 amide bonds. The molecule has 0 radical (unpaired) electrons. The fourth-order valence-corrected chi connectivity index (χ4v) is 1.58. The minimum atomic E-state index is 0.167. The van der Waals surface area contributed by atoms with Gasteiger partial charge in [-0.05, 0) is 12.3 Å². The van der Waals surface area contributed by atoms with Crippen LogP contribution in [0.3, 0.4) is 0 Å². The second kappa shape index (κ2) is 3.44. The van der Waals surface area contributed by atoms with E-state index in [0.29, 0.717) is 5.92 Å². The van der Waals surface area contributed by atoms with E-state index in [-0.39, 0.29) is 11.3 Å². The van der Waals surface area contributed by atoms with Gasteiger partial charge in [0.1, 0.15) is 0 Å². The molecule has 1 aliphatic heterocycles. The number of amides is 1. The van der Waals surface area contributed by atoms with E-state index in [9.17, 15) is 4.79 Å². The lowest BCUT2D eigenvalue weighted by Crippen LogP contribution is -2.42. The zero-order valence-electron chi connectivity index (χ0n) is 7.01. The van der Waals surface area contributed by atoms with E-state index in [4.69, 9.17) is 11.6 Å². The smallest absolute Gasteiger partial charge is 0.219 e. The highest BCUT2D eigenvalue weighted by molar-refractivity contribution is 6.20. The van der Waals surface area contributed by atoms with Crippen molar-refractivity contribution in [2.24, 2.45) is 5.92 Å². The molecule has 0 N–H and O–H groups in total. The van der Waals surface area contributed by atoms with Crippen LogP contribution in [0.1, 0.15) is 20.3 Å². The fraction of sp³-hybridized carbons (Fsp3) is 0.875. The summed E-state index contributed by atoms with van der Waals surface area (Å²) in [4.78, 5) is 12.8. The first-order chi connectivity index (χ1) is 5.11. The zero-order valence-corrected chi connectivity index (χ0v) is 7.77. The summed E-state index contributed by atoms with van der Waals surface area (Å²) < 4.78 is 0. The van der Waals surface area contributed by atoms with Crippen LogP contribution in [-0.2, 0) is 4.79 Å². The first-order valence-corrected chi connectivity index (χ1v) is 4.44. The summed E-state index contributed by atoms with van der Waals surface area (Å²) in [5, 5.41) is 0.255. The average molecular weight is 176 g/mol. The van der Waals surface area contributed by atoms with Crippen LogP contribution in [-0.4, -0.2) is 29.3 Å². The number of halogens is 1. The largest absolute Gasteiger partial charge is 0.343 e. The quantitative estimate of drug-likeness (QED) is 0.511. The van der Waals surface area contributed by atoms with Gasteiger partial charge in [-0.2, -0.15) is 0 Å². The average Bonchev–Trinajstić information content (AvgIpc) is 1.94. The highest BCUT2D eigenvalue weighted by Crippen LogP contribution is 2.21. The number of piperidine rings is 1. The van der Waals surface area contributed by atoms with Crippen LogP contribution in [0.15, 0.2) is 0 Å². The third-order valence-electron chi connectivity index (χ3n) is 2.25. The lowest BCUT2D eigenvalue weighted by Gasteiger charge is -2.33. The van der Waals surface area contributed by atoms with E-state index in [1.807, 2.05) is 4.90 Å². The Bertz CT molecular complexity index is 160. The molecule has 0 bridgehead atoms. The van der Waals surface area contributed by atoms with Gasteiger partial charge in [0.05, 0.1) is 0 Å². The van der Waals surface area contributed by atoms with Crippen LogP contribution >= 0.6 is 11.6 Å². The Morgan fingerprint density at radius 1 is 1.64 bits per heavy atom. The van der Waals surface area contributed by atoms with E-state index in [0.717, 1.165) is 19.5 Å². The first kappa shape index (κ1) is 8.85. The maximum atomic E-state index is 10.9. The normalized spacial score (nSPS) is 32.1. The summed E-state index contributed by atoms with van der Waals surface area (Å²) in [5.74, 6) is 0.606. The number of nitrogens with zero attached hydrogens (tertiary/aromatic N) is 1. The molecule has 3 heteroatoms. The number of carbonyl (C=O) groups is 1. The molecule has 1 aliphatic rings. The van der Waals surface area contributed by atoms with Gasteiger partial charge in [-0.1, -0.05) is 6.92 Å². The van der Waals surface area contributed by atoms with Crippen molar-refractivity contribution < 1.29 is 4.79 Å². The molecular weight excluding hydrogens is 162 g/mol. The Hall–Kier alpha value is -0.240. The molecule has 0 aromatic rings. The van der Waals surface area contributed by atoms with E-state index in [2.05, 4.69) is 6.92 Å². The van der Waals surface area contributed by atoms with Crippen molar-refractivity contribution in [2.75, 3.05) is 13.1 Å². The monoisotopic (exact) mass is 175 g/mol. The molecule has 1 fully saturated rings. The highest BCUT2D eigenvalue weighted by Gasteiger charge is 2.25. The molecule has 2 atom stereocenters. The third-order valence-corrected chi connectivity index (χ3v) is 2.89. The molecule has 0 spiro atoms. The lowest BCUT2D eigenvalue weighted by molar-refractivity contribution is -0.130. The van der Waals surface area contributed by atoms with E-state index < -0.39 is 0 Å². The summed E-state index contributed by atoms with van der Waals surface area (Å²) in [5.41, 5.74) is 0. The number of rotatable bonds is 0. The molecule has 1 saturated heterocycles. The molecule has 64 valence electrons. The molecular formula is C8H14ClNO. The summed E-state index contributed by atoms with van der Waals surface area (Å²) in [6.07, 6.45) is 0.933. The fourth-order valence-electron chi connectivity index (χ4n) is 1.40. The van der Waals surface area contributed by atoms with E-state index in [1.165, 1.54) is 0 Å². The molecule has 0 aromatic carbocycles. The van der Waals surface area contributed by atoms with Crippen LogP contribution in [0.2, 0.25) is 0 Å². The van der Waals surface area contributed by atoms with Crippen LogP contribution < -0.4 is 0 Å². The van der Waals surface area contributed by atoms with Crippen LogP contribution in [0.25, 0.3) is 0 Å². The van der Waals surface area contributed by atoms with Crippen molar-refractivity contribution in [3.8, 4) is 0 Å². The summed E-state index contributed by atoms with van der Waals surface area (Å²) in [6.45, 7) is 5.35. The van der Waals surface area contributed by atoms with E-state index >= 15 is 0 Å². The van der Waals surface area contributed by atoms with Crippen molar-refractivity contribution in [3.05, 3.63) is 0 Å². The molecule has 1 rings (SSSR count). The van der Waals surface area contributed by atoms with Crippen LogP contribution in [0.5, 0.6) is 0 Å². The Balaban J connectivity index is 2.46. The van der Waals surface area contributed by atoms with Crippen LogP contribution in [0, 0.1) is 5.92 Å². The molecule has 11 heavy (non-hydrogen) atoms. The summed E-state index contributed by atoms with van der Waals surface area (Å²) >= 11 is 6.00. The predicted octanol–water partition coefficient (Wildman–Crippen LogP) is 1.48. The van der Waals surface area contributed by atoms with Gasteiger partial charge in [0.2, 0.25) is 5.91 Å². The standard InChI is InChI=1S/C8H14ClNO/c1-6-5-10(7(2)11)4-3-8(6)9/h6,8H,3-5H2,1-2H3. The van der Waals surface area contributed by atoms with Crippen LogP contribution in [0.4, 0.5) is 0 Å². The van der Waals surface area contributed by atoms with Crippen molar-refractivity contribution in [2.45, 2.75) is 25.6 Å². The van der Waals surface area contributed by atoms with Gasteiger partial charge in [0.25, 0.3) is 0 Å². The number of alkyl halides is 1. The molecule has 2 nitrogen and oxygen atoms in total. The maximum Gasteiger partial charge on any atom is 0.219 e. The second-order valence-corrected chi connectivity index (χ2v) is 3.81. The Labute approximate surface area is 72.5 Å². The van der Waals surface area contributed by atoms with Crippen molar-refractivity contribution in [1.29, 1.82) is 0 Å². The SMILES string of the molecule is CC(=O)N1CCC(Cl)C(C)C1. The minimum Gasteiger partial charge on any atom is -0.343 e. The van der Waals surface area contributed by atoms with Gasteiger partial charge in [-0.25, -0.2) is 0 Å². The minimum absolute atomic E-state index is 0.167. The Kier molecular flexibility index (Phi) is 2.77. The van der Waals surface area contributed by atoms with Gasteiger partial charge in [0, 0.05) is 25.4 Å². The topological polar surface area (TPSA) is 20.3 Å². The first-order valence-electron chi connectivity index (χ1n) is 4.01. The van der Waals surface area contributed by atoms with Gasteiger partial charge in [-0.15, -0.1) is 11.6 Å².